The minimum absolute atomic E-state index is 0.228. The number of ether oxygens (including phenoxy) is 2. The van der Waals surface area contributed by atoms with E-state index in [9.17, 15) is 14.0 Å². The van der Waals surface area contributed by atoms with E-state index in [1.165, 1.54) is 17.0 Å². The number of nitrogens with zero attached hydrogens (tertiary/aromatic N) is 2. The predicted molar refractivity (Wildman–Crippen MR) is 107 cm³/mol. The summed E-state index contributed by atoms with van der Waals surface area (Å²) in [6.45, 7) is 2.53. The number of amides is 2. The molecular weight excluding hydrogens is 377 g/mol. The zero-order chi connectivity index (χ0) is 20.6. The molecule has 2 aromatic rings. The van der Waals surface area contributed by atoms with Crippen LogP contribution in [0.3, 0.4) is 0 Å². The zero-order valence-electron chi connectivity index (χ0n) is 16.3. The van der Waals surface area contributed by atoms with E-state index in [-0.39, 0.29) is 19.0 Å². The average molecular weight is 401 g/mol. The summed E-state index contributed by atoms with van der Waals surface area (Å²) in [5, 5.41) is 2.59. The molecule has 1 saturated heterocycles. The highest BCUT2D eigenvalue weighted by Crippen LogP contribution is 2.17. The Hall–Kier alpha value is -3.29. The molecule has 0 aliphatic carbocycles. The highest BCUT2D eigenvalue weighted by Gasteiger charge is 2.25. The fraction of sp³-hybridized carbons (Fsp3) is 0.333. The Morgan fingerprint density at radius 1 is 0.966 bits per heavy atom. The lowest BCUT2D eigenvalue weighted by Gasteiger charge is -2.35. The van der Waals surface area contributed by atoms with Gasteiger partial charge < -0.3 is 24.6 Å². The molecule has 0 spiro atoms. The van der Waals surface area contributed by atoms with Gasteiger partial charge in [0.05, 0.1) is 13.7 Å². The van der Waals surface area contributed by atoms with Crippen molar-refractivity contribution in [3.63, 3.8) is 0 Å². The van der Waals surface area contributed by atoms with E-state index in [2.05, 4.69) is 10.2 Å². The summed E-state index contributed by atoms with van der Waals surface area (Å²) in [6, 6.07) is 13.3. The molecule has 1 aliphatic heterocycles. The number of methoxy groups -OCH3 is 1. The van der Waals surface area contributed by atoms with Crippen LogP contribution >= 0.6 is 0 Å². The Bertz CT molecular complexity index is 819. The molecule has 2 aromatic carbocycles. The average Bonchev–Trinajstić information content (AvgIpc) is 2.77. The summed E-state index contributed by atoms with van der Waals surface area (Å²) >= 11 is 0. The lowest BCUT2D eigenvalue weighted by Crippen LogP contribution is -2.53. The van der Waals surface area contributed by atoms with E-state index >= 15 is 0 Å². The van der Waals surface area contributed by atoms with Crippen molar-refractivity contribution >= 4 is 17.5 Å². The van der Waals surface area contributed by atoms with Gasteiger partial charge in [-0.15, -0.1) is 0 Å². The molecule has 1 N–H and O–H groups in total. The Balaban J connectivity index is 1.37. The molecule has 29 heavy (non-hydrogen) atoms. The van der Waals surface area contributed by atoms with Gasteiger partial charge in [0.2, 0.25) is 0 Å². The maximum absolute atomic E-state index is 13.0. The van der Waals surface area contributed by atoms with E-state index in [0.717, 1.165) is 11.4 Å². The Morgan fingerprint density at radius 3 is 2.21 bits per heavy atom. The second-order valence-corrected chi connectivity index (χ2v) is 6.54. The molecule has 1 heterocycles. The van der Waals surface area contributed by atoms with Gasteiger partial charge in [0.15, 0.2) is 0 Å². The number of carbonyl (C=O) groups is 2. The first-order valence-electron chi connectivity index (χ1n) is 9.41. The van der Waals surface area contributed by atoms with Gasteiger partial charge in [-0.2, -0.15) is 0 Å². The van der Waals surface area contributed by atoms with Crippen LogP contribution in [-0.4, -0.2) is 63.2 Å². The van der Waals surface area contributed by atoms with Crippen molar-refractivity contribution < 1.29 is 23.5 Å². The number of anilines is 1. The highest BCUT2D eigenvalue weighted by molar-refractivity contribution is 6.35. The predicted octanol–water partition coefficient (Wildman–Crippen LogP) is 1.68. The minimum atomic E-state index is -0.640. The van der Waals surface area contributed by atoms with Crippen LogP contribution in [0, 0.1) is 5.82 Å². The molecule has 8 heteroatoms. The normalized spacial score (nSPS) is 13.7. The van der Waals surface area contributed by atoms with Crippen LogP contribution < -0.4 is 19.7 Å². The van der Waals surface area contributed by atoms with Crippen molar-refractivity contribution in [2.75, 3.05) is 51.3 Å². The number of halogens is 1. The van der Waals surface area contributed by atoms with Crippen molar-refractivity contribution in [2.24, 2.45) is 0 Å². The van der Waals surface area contributed by atoms with Gasteiger partial charge in [-0.25, -0.2) is 4.39 Å². The molecule has 0 aromatic heterocycles. The van der Waals surface area contributed by atoms with Crippen LogP contribution in [0.25, 0.3) is 0 Å². The number of nitrogens with one attached hydrogen (secondary N) is 1. The minimum Gasteiger partial charge on any atom is -0.497 e. The largest absolute Gasteiger partial charge is 0.497 e. The molecule has 0 atom stereocenters. The van der Waals surface area contributed by atoms with Gasteiger partial charge in [0, 0.05) is 31.9 Å². The summed E-state index contributed by atoms with van der Waals surface area (Å²) in [7, 11) is 1.59. The third-order valence-electron chi connectivity index (χ3n) is 4.67. The number of hydrogen-bond acceptors (Lipinski definition) is 5. The number of carbonyl (C=O) groups excluding carboxylic acids is 2. The summed E-state index contributed by atoms with van der Waals surface area (Å²) in [5.41, 5.74) is 0.902. The molecule has 0 radical (unpaired) electrons. The van der Waals surface area contributed by atoms with Crippen LogP contribution in [0.4, 0.5) is 10.1 Å². The first-order chi connectivity index (χ1) is 14.1. The number of hydrogen-bond donors (Lipinski definition) is 1. The number of rotatable bonds is 6. The van der Waals surface area contributed by atoms with Crippen molar-refractivity contribution in [3.8, 4) is 11.5 Å². The molecule has 1 fully saturated rings. The first kappa shape index (κ1) is 20.4. The third kappa shape index (κ3) is 5.60. The second-order valence-electron chi connectivity index (χ2n) is 6.54. The van der Waals surface area contributed by atoms with E-state index in [4.69, 9.17) is 9.47 Å². The van der Waals surface area contributed by atoms with Crippen molar-refractivity contribution in [1.29, 1.82) is 0 Å². The molecule has 2 amide bonds. The fourth-order valence-electron chi connectivity index (χ4n) is 3.04. The van der Waals surface area contributed by atoms with Gasteiger partial charge in [-0.05, 0) is 48.5 Å². The van der Waals surface area contributed by atoms with Crippen LogP contribution in [0.2, 0.25) is 0 Å². The molecular formula is C21H24FN3O4. The lowest BCUT2D eigenvalue weighted by molar-refractivity contribution is -0.146. The Labute approximate surface area is 169 Å². The zero-order valence-corrected chi connectivity index (χ0v) is 16.3. The van der Waals surface area contributed by atoms with E-state index < -0.39 is 11.8 Å². The van der Waals surface area contributed by atoms with Gasteiger partial charge in [0.1, 0.15) is 23.9 Å². The lowest BCUT2D eigenvalue weighted by atomic mass is 10.2. The van der Waals surface area contributed by atoms with Gasteiger partial charge >= 0.3 is 11.8 Å². The maximum atomic E-state index is 13.0. The molecule has 7 nitrogen and oxygen atoms in total. The van der Waals surface area contributed by atoms with Crippen LogP contribution in [0.1, 0.15) is 0 Å². The van der Waals surface area contributed by atoms with Gasteiger partial charge in [0.25, 0.3) is 0 Å². The molecule has 1 aliphatic rings. The highest BCUT2D eigenvalue weighted by atomic mass is 19.1. The van der Waals surface area contributed by atoms with Crippen molar-refractivity contribution in [2.45, 2.75) is 0 Å². The molecule has 154 valence electrons. The second kappa shape index (κ2) is 9.77. The van der Waals surface area contributed by atoms with E-state index in [1.54, 1.807) is 43.5 Å². The summed E-state index contributed by atoms with van der Waals surface area (Å²) in [6.07, 6.45) is 0. The fourth-order valence-corrected chi connectivity index (χ4v) is 3.04. The van der Waals surface area contributed by atoms with Crippen LogP contribution in [-0.2, 0) is 9.59 Å². The Morgan fingerprint density at radius 2 is 1.59 bits per heavy atom. The first-order valence-corrected chi connectivity index (χ1v) is 9.41. The van der Waals surface area contributed by atoms with E-state index in [0.29, 0.717) is 31.9 Å². The van der Waals surface area contributed by atoms with Crippen LogP contribution in [0.5, 0.6) is 11.5 Å². The van der Waals surface area contributed by atoms with Crippen molar-refractivity contribution in [3.05, 3.63) is 54.3 Å². The Kier molecular flexibility index (Phi) is 6.89. The third-order valence-corrected chi connectivity index (χ3v) is 4.67. The monoisotopic (exact) mass is 401 g/mol. The maximum Gasteiger partial charge on any atom is 0.312 e. The molecule has 0 saturated carbocycles. The van der Waals surface area contributed by atoms with Crippen molar-refractivity contribution in [1.82, 2.24) is 10.2 Å². The standard InChI is InChI=1S/C21H24FN3O4/c1-28-18-6-8-19(9-7-18)29-15-10-23-20(26)21(27)25-13-11-24(12-14-25)17-4-2-16(22)3-5-17/h2-9H,10-15H2,1H3,(H,23,26). The quantitative estimate of drug-likeness (QED) is 0.589. The van der Waals surface area contributed by atoms with Gasteiger partial charge in [-0.1, -0.05) is 0 Å². The van der Waals surface area contributed by atoms with Gasteiger partial charge in [-0.3, -0.25) is 9.59 Å². The topological polar surface area (TPSA) is 71.1 Å². The number of benzene rings is 2. The summed E-state index contributed by atoms with van der Waals surface area (Å²) < 4.78 is 23.6. The van der Waals surface area contributed by atoms with E-state index in [1.807, 2.05) is 0 Å². The molecule has 0 unspecified atom stereocenters. The smallest absolute Gasteiger partial charge is 0.312 e. The molecule has 0 bridgehead atoms. The van der Waals surface area contributed by atoms with Crippen LogP contribution in [0.15, 0.2) is 48.5 Å². The molecule has 3 rings (SSSR count). The number of piperazine rings is 1. The SMILES string of the molecule is COc1ccc(OCCNC(=O)C(=O)N2CCN(c3ccc(F)cc3)CC2)cc1. The summed E-state index contributed by atoms with van der Waals surface area (Å²) in [4.78, 5) is 28.0. The summed E-state index contributed by atoms with van der Waals surface area (Å²) in [5.74, 6) is -0.0824.